The Hall–Kier alpha value is -2.49. The fourth-order valence-corrected chi connectivity index (χ4v) is 3.01. The van der Waals surface area contributed by atoms with Crippen molar-refractivity contribution in [2.45, 2.75) is 25.8 Å². The maximum absolute atomic E-state index is 12.8. The first-order valence-corrected chi connectivity index (χ1v) is 8.22. The topological polar surface area (TPSA) is 47.6 Å². The van der Waals surface area contributed by atoms with E-state index in [0.717, 1.165) is 24.0 Å². The van der Waals surface area contributed by atoms with E-state index >= 15 is 0 Å². The lowest BCUT2D eigenvalue weighted by Crippen LogP contribution is -2.30. The van der Waals surface area contributed by atoms with Crippen molar-refractivity contribution in [2.24, 2.45) is 5.92 Å². The molecule has 2 aromatic rings. The average Bonchev–Trinajstić information content (AvgIpc) is 3.45. The van der Waals surface area contributed by atoms with Crippen LogP contribution in [0.1, 0.15) is 40.4 Å². The molecule has 1 saturated carbocycles. The van der Waals surface area contributed by atoms with Crippen molar-refractivity contribution in [2.75, 3.05) is 14.2 Å². The second kappa shape index (κ2) is 6.95. The van der Waals surface area contributed by atoms with Crippen LogP contribution < -0.4 is 14.8 Å². The van der Waals surface area contributed by atoms with Gasteiger partial charge in [-0.3, -0.25) is 4.79 Å². The molecule has 0 heterocycles. The van der Waals surface area contributed by atoms with Gasteiger partial charge in [-0.05, 0) is 43.4 Å². The van der Waals surface area contributed by atoms with Gasteiger partial charge >= 0.3 is 0 Å². The second-order valence-electron chi connectivity index (χ2n) is 6.21. The monoisotopic (exact) mass is 325 g/mol. The summed E-state index contributed by atoms with van der Waals surface area (Å²) >= 11 is 0. The molecule has 3 rings (SSSR count). The maximum Gasteiger partial charge on any atom is 0.252 e. The molecule has 0 spiro atoms. The van der Waals surface area contributed by atoms with E-state index in [2.05, 4.69) is 17.4 Å². The van der Waals surface area contributed by atoms with E-state index in [9.17, 15) is 4.79 Å². The Balaban J connectivity index is 1.86. The molecule has 24 heavy (non-hydrogen) atoms. The van der Waals surface area contributed by atoms with Crippen molar-refractivity contribution in [1.82, 2.24) is 5.32 Å². The fraction of sp³-hybridized carbons (Fsp3) is 0.350. The van der Waals surface area contributed by atoms with E-state index in [0.29, 0.717) is 23.0 Å². The molecule has 126 valence electrons. The Bertz CT molecular complexity index is 698. The molecule has 1 unspecified atom stereocenters. The van der Waals surface area contributed by atoms with Gasteiger partial charge in [0.2, 0.25) is 0 Å². The first-order chi connectivity index (χ1) is 11.6. The van der Waals surface area contributed by atoms with E-state index in [1.807, 2.05) is 25.1 Å². The van der Waals surface area contributed by atoms with Crippen molar-refractivity contribution in [3.63, 3.8) is 0 Å². The fourth-order valence-electron chi connectivity index (χ4n) is 3.01. The second-order valence-corrected chi connectivity index (χ2v) is 6.21. The van der Waals surface area contributed by atoms with Crippen LogP contribution in [0.4, 0.5) is 0 Å². The number of methoxy groups -OCH3 is 2. The van der Waals surface area contributed by atoms with E-state index in [-0.39, 0.29) is 11.9 Å². The number of benzene rings is 2. The lowest BCUT2D eigenvalue weighted by molar-refractivity contribution is 0.0931. The third kappa shape index (κ3) is 3.37. The third-order valence-electron chi connectivity index (χ3n) is 4.55. The summed E-state index contributed by atoms with van der Waals surface area (Å²) in [7, 11) is 3.20. The highest BCUT2D eigenvalue weighted by atomic mass is 16.5. The Morgan fingerprint density at radius 3 is 2.17 bits per heavy atom. The summed E-state index contributed by atoms with van der Waals surface area (Å²) in [6, 6.07) is 13.7. The van der Waals surface area contributed by atoms with Crippen LogP contribution in [-0.4, -0.2) is 20.1 Å². The zero-order valence-corrected chi connectivity index (χ0v) is 14.3. The molecule has 1 atom stereocenters. The van der Waals surface area contributed by atoms with Gasteiger partial charge in [-0.2, -0.15) is 0 Å². The smallest absolute Gasteiger partial charge is 0.252 e. The molecule has 4 nitrogen and oxygen atoms in total. The minimum absolute atomic E-state index is 0.0528. The highest BCUT2D eigenvalue weighted by Gasteiger charge is 2.33. The van der Waals surface area contributed by atoms with Crippen LogP contribution in [0.5, 0.6) is 11.5 Å². The molecular formula is C20H23NO3. The van der Waals surface area contributed by atoms with E-state index < -0.39 is 0 Å². The number of hydrogen-bond acceptors (Lipinski definition) is 3. The summed E-state index contributed by atoms with van der Waals surface area (Å²) in [5, 5.41) is 3.18. The SMILES string of the molecule is COc1cc(C(=O)NC(c2ccccc2)C2CC2)cc(OC)c1C. The third-order valence-corrected chi connectivity index (χ3v) is 4.55. The first kappa shape index (κ1) is 16.4. The van der Waals surface area contributed by atoms with Crippen molar-refractivity contribution in [1.29, 1.82) is 0 Å². The Morgan fingerprint density at radius 1 is 1.08 bits per heavy atom. The molecule has 1 fully saturated rings. The van der Waals surface area contributed by atoms with Crippen molar-refractivity contribution < 1.29 is 14.3 Å². The molecule has 4 heteroatoms. The van der Waals surface area contributed by atoms with Crippen LogP contribution in [0.2, 0.25) is 0 Å². The quantitative estimate of drug-likeness (QED) is 0.876. The van der Waals surface area contributed by atoms with E-state index in [4.69, 9.17) is 9.47 Å². The summed E-state index contributed by atoms with van der Waals surface area (Å²) in [6.45, 7) is 1.91. The predicted octanol–water partition coefficient (Wildman–Crippen LogP) is 3.89. The predicted molar refractivity (Wildman–Crippen MR) is 93.7 cm³/mol. The van der Waals surface area contributed by atoms with Crippen molar-refractivity contribution in [3.05, 3.63) is 59.2 Å². The minimum Gasteiger partial charge on any atom is -0.496 e. The van der Waals surface area contributed by atoms with Gasteiger partial charge in [0.25, 0.3) is 5.91 Å². The van der Waals surface area contributed by atoms with Gasteiger partial charge in [-0.1, -0.05) is 30.3 Å². The zero-order chi connectivity index (χ0) is 17.1. The summed E-state index contributed by atoms with van der Waals surface area (Å²) in [6.07, 6.45) is 2.31. The maximum atomic E-state index is 12.8. The van der Waals surface area contributed by atoms with Crippen molar-refractivity contribution >= 4 is 5.91 Å². The van der Waals surface area contributed by atoms with Crippen LogP contribution in [-0.2, 0) is 0 Å². The normalized spacial score (nSPS) is 14.8. The molecule has 2 aromatic carbocycles. The standard InChI is InChI=1S/C20H23NO3/c1-13-17(23-2)11-16(12-18(13)24-3)20(22)21-19(15-9-10-15)14-7-5-4-6-8-14/h4-8,11-12,15,19H,9-10H2,1-3H3,(H,21,22). The molecule has 0 aromatic heterocycles. The molecular weight excluding hydrogens is 302 g/mol. The number of hydrogen-bond donors (Lipinski definition) is 1. The Labute approximate surface area is 142 Å². The molecule has 0 saturated heterocycles. The number of rotatable bonds is 6. The molecule has 0 aliphatic heterocycles. The highest BCUT2D eigenvalue weighted by molar-refractivity contribution is 5.95. The van der Waals surface area contributed by atoms with Gasteiger partial charge in [0.05, 0.1) is 20.3 Å². The summed E-state index contributed by atoms with van der Waals surface area (Å²) < 4.78 is 10.7. The van der Waals surface area contributed by atoms with Gasteiger partial charge < -0.3 is 14.8 Å². The van der Waals surface area contributed by atoms with E-state index in [1.165, 1.54) is 0 Å². The number of carbonyl (C=O) groups is 1. The van der Waals surface area contributed by atoms with Gasteiger partial charge in [0.1, 0.15) is 11.5 Å². The van der Waals surface area contributed by atoms with E-state index in [1.54, 1.807) is 26.4 Å². The van der Waals surface area contributed by atoms with Crippen LogP contribution in [0, 0.1) is 12.8 Å². The van der Waals surface area contributed by atoms with Crippen LogP contribution in [0.15, 0.2) is 42.5 Å². The van der Waals surface area contributed by atoms with Crippen molar-refractivity contribution in [3.8, 4) is 11.5 Å². The first-order valence-electron chi connectivity index (χ1n) is 8.22. The van der Waals surface area contributed by atoms with Gasteiger partial charge in [0.15, 0.2) is 0 Å². The van der Waals surface area contributed by atoms with Crippen LogP contribution in [0.25, 0.3) is 0 Å². The lowest BCUT2D eigenvalue weighted by Gasteiger charge is -2.20. The zero-order valence-electron chi connectivity index (χ0n) is 14.3. The molecule has 1 aliphatic carbocycles. The lowest BCUT2D eigenvalue weighted by atomic mass is 10.0. The number of amides is 1. The molecule has 1 N–H and O–H groups in total. The molecule has 1 amide bonds. The summed E-state index contributed by atoms with van der Waals surface area (Å²) in [5.41, 5.74) is 2.59. The number of nitrogens with one attached hydrogen (secondary N) is 1. The average molecular weight is 325 g/mol. The molecule has 0 radical (unpaired) electrons. The van der Waals surface area contributed by atoms with Crippen LogP contribution in [0.3, 0.4) is 0 Å². The Kier molecular flexibility index (Phi) is 4.74. The number of ether oxygens (including phenoxy) is 2. The Morgan fingerprint density at radius 2 is 1.67 bits per heavy atom. The van der Waals surface area contributed by atoms with Crippen LogP contribution >= 0.6 is 0 Å². The largest absolute Gasteiger partial charge is 0.496 e. The van der Waals surface area contributed by atoms with Gasteiger partial charge in [-0.15, -0.1) is 0 Å². The van der Waals surface area contributed by atoms with Gasteiger partial charge in [-0.25, -0.2) is 0 Å². The molecule has 1 aliphatic rings. The summed E-state index contributed by atoms with van der Waals surface area (Å²) in [5.74, 6) is 1.72. The minimum atomic E-state index is -0.104. The molecule has 0 bridgehead atoms. The highest BCUT2D eigenvalue weighted by Crippen LogP contribution is 2.41. The number of carbonyl (C=O) groups excluding carboxylic acids is 1. The van der Waals surface area contributed by atoms with Gasteiger partial charge in [0, 0.05) is 11.1 Å². The summed E-state index contributed by atoms with van der Waals surface area (Å²) in [4.78, 5) is 12.8.